The number of azo groups is 2. The molecule has 0 fully saturated rings. The molecule has 0 aromatic heterocycles. The zero-order valence-electron chi connectivity index (χ0n) is 16.2. The largest absolute Gasteiger partial charge is 0.506 e. The van der Waals surface area contributed by atoms with Crippen molar-refractivity contribution in [3.05, 3.63) is 90.0 Å². The normalized spacial score (nSPS) is 11.7. The third-order valence-corrected chi connectivity index (χ3v) is 4.72. The van der Waals surface area contributed by atoms with Gasteiger partial charge in [-0.25, -0.2) is 0 Å². The Morgan fingerprint density at radius 2 is 1.34 bits per heavy atom. The van der Waals surface area contributed by atoms with Crippen LogP contribution in [0.3, 0.4) is 0 Å². The first-order chi connectivity index (χ1) is 14.1. The van der Waals surface area contributed by atoms with Crippen molar-refractivity contribution in [2.24, 2.45) is 20.5 Å². The fraction of sp³-hybridized carbons (Fsp3) is 0.0833. The lowest BCUT2D eigenvalue weighted by atomic mass is 10.1. The molecule has 0 bridgehead atoms. The van der Waals surface area contributed by atoms with E-state index in [2.05, 4.69) is 20.5 Å². The summed E-state index contributed by atoms with van der Waals surface area (Å²) >= 11 is 0. The van der Waals surface area contributed by atoms with Crippen molar-refractivity contribution in [3.63, 3.8) is 0 Å². The van der Waals surface area contributed by atoms with E-state index in [1.807, 2.05) is 86.6 Å². The van der Waals surface area contributed by atoms with E-state index >= 15 is 0 Å². The molecule has 0 aliphatic carbocycles. The van der Waals surface area contributed by atoms with Crippen LogP contribution in [0.5, 0.6) is 5.75 Å². The lowest BCUT2D eigenvalue weighted by Gasteiger charge is -2.04. The standard InChI is InChI=1S/C24H20N4O/c1-16-7-3-6-10-21(16)26-25-19-13-11-17(2)22(15-19)27-28-24-20-9-5-4-8-18(20)12-14-23(24)29/h3-15,29H,1-2H3. The predicted octanol–water partition coefficient (Wildman–Crippen LogP) is 7.99. The summed E-state index contributed by atoms with van der Waals surface area (Å²) in [6.07, 6.45) is 0. The quantitative estimate of drug-likeness (QED) is 0.358. The maximum Gasteiger partial charge on any atom is 0.143 e. The van der Waals surface area contributed by atoms with E-state index in [1.165, 1.54) is 0 Å². The van der Waals surface area contributed by atoms with Gasteiger partial charge in [-0.3, -0.25) is 0 Å². The third kappa shape index (κ3) is 4.04. The smallest absolute Gasteiger partial charge is 0.143 e. The topological polar surface area (TPSA) is 69.7 Å². The van der Waals surface area contributed by atoms with Crippen LogP contribution in [0, 0.1) is 13.8 Å². The van der Waals surface area contributed by atoms with Crippen molar-refractivity contribution >= 4 is 33.5 Å². The number of benzene rings is 4. The Hall–Kier alpha value is -3.86. The van der Waals surface area contributed by atoms with Crippen LogP contribution in [-0.4, -0.2) is 5.11 Å². The van der Waals surface area contributed by atoms with Gasteiger partial charge in [0.2, 0.25) is 0 Å². The molecule has 142 valence electrons. The Labute approximate surface area is 169 Å². The van der Waals surface area contributed by atoms with Gasteiger partial charge in [0.05, 0.1) is 17.1 Å². The highest BCUT2D eigenvalue weighted by Crippen LogP contribution is 2.37. The average Bonchev–Trinajstić information content (AvgIpc) is 2.74. The van der Waals surface area contributed by atoms with Gasteiger partial charge in [0.15, 0.2) is 0 Å². The highest BCUT2D eigenvalue weighted by molar-refractivity contribution is 5.95. The summed E-state index contributed by atoms with van der Waals surface area (Å²) in [6, 6.07) is 24.8. The Morgan fingerprint density at radius 1 is 0.621 bits per heavy atom. The van der Waals surface area contributed by atoms with Gasteiger partial charge in [0.25, 0.3) is 0 Å². The van der Waals surface area contributed by atoms with Crippen molar-refractivity contribution in [2.75, 3.05) is 0 Å². The van der Waals surface area contributed by atoms with Crippen LogP contribution in [0.15, 0.2) is 99.3 Å². The van der Waals surface area contributed by atoms with E-state index in [1.54, 1.807) is 6.07 Å². The summed E-state index contributed by atoms with van der Waals surface area (Å²) in [5.41, 5.74) is 4.68. The molecule has 0 atom stereocenters. The van der Waals surface area contributed by atoms with Gasteiger partial charge < -0.3 is 5.11 Å². The second-order valence-corrected chi connectivity index (χ2v) is 6.81. The van der Waals surface area contributed by atoms with Crippen molar-refractivity contribution in [2.45, 2.75) is 13.8 Å². The highest BCUT2D eigenvalue weighted by Gasteiger charge is 2.07. The number of nitrogens with zero attached hydrogens (tertiary/aromatic N) is 4. The summed E-state index contributed by atoms with van der Waals surface area (Å²) < 4.78 is 0. The fourth-order valence-corrected chi connectivity index (χ4v) is 3.01. The summed E-state index contributed by atoms with van der Waals surface area (Å²) in [4.78, 5) is 0. The van der Waals surface area contributed by atoms with Gasteiger partial charge in [-0.15, -0.1) is 5.11 Å². The molecule has 4 rings (SSSR count). The molecule has 0 amide bonds. The van der Waals surface area contributed by atoms with Gasteiger partial charge in [-0.1, -0.05) is 54.6 Å². The van der Waals surface area contributed by atoms with E-state index in [0.29, 0.717) is 17.1 Å². The van der Waals surface area contributed by atoms with Crippen molar-refractivity contribution in [3.8, 4) is 5.75 Å². The summed E-state index contributed by atoms with van der Waals surface area (Å²) in [7, 11) is 0. The van der Waals surface area contributed by atoms with Gasteiger partial charge >= 0.3 is 0 Å². The molecule has 4 aromatic rings. The summed E-state index contributed by atoms with van der Waals surface area (Å²) in [6.45, 7) is 3.96. The second-order valence-electron chi connectivity index (χ2n) is 6.81. The van der Waals surface area contributed by atoms with Crippen molar-refractivity contribution in [1.29, 1.82) is 0 Å². The first-order valence-corrected chi connectivity index (χ1v) is 9.32. The number of aryl methyl sites for hydroxylation is 2. The van der Waals surface area contributed by atoms with Crippen LogP contribution in [0.2, 0.25) is 0 Å². The lowest BCUT2D eigenvalue weighted by molar-refractivity contribution is 0.477. The molecule has 5 nitrogen and oxygen atoms in total. The maximum atomic E-state index is 10.3. The Balaban J connectivity index is 1.67. The van der Waals surface area contributed by atoms with Gasteiger partial charge in [-0.05, 0) is 54.6 Å². The number of rotatable bonds is 4. The molecule has 0 unspecified atom stereocenters. The van der Waals surface area contributed by atoms with Crippen molar-refractivity contribution in [1.82, 2.24) is 0 Å². The zero-order chi connectivity index (χ0) is 20.2. The SMILES string of the molecule is Cc1ccccc1N=Nc1ccc(C)c(N=Nc2c(O)ccc3ccccc23)c1. The summed E-state index contributed by atoms with van der Waals surface area (Å²) in [5.74, 6) is 0.0977. The number of hydrogen-bond donors (Lipinski definition) is 1. The molecule has 4 aromatic carbocycles. The molecule has 0 saturated heterocycles. The molecule has 0 radical (unpaired) electrons. The third-order valence-electron chi connectivity index (χ3n) is 4.72. The van der Waals surface area contributed by atoms with Crippen molar-refractivity contribution < 1.29 is 5.11 Å². The number of hydrogen-bond acceptors (Lipinski definition) is 5. The van der Waals surface area contributed by atoms with Crippen LogP contribution in [0.1, 0.15) is 11.1 Å². The van der Waals surface area contributed by atoms with E-state index in [9.17, 15) is 5.11 Å². The van der Waals surface area contributed by atoms with Crippen LogP contribution in [-0.2, 0) is 0 Å². The van der Waals surface area contributed by atoms with E-state index in [-0.39, 0.29) is 5.75 Å². The molecule has 29 heavy (non-hydrogen) atoms. The minimum atomic E-state index is 0.0977. The first kappa shape index (κ1) is 18.5. The fourth-order valence-electron chi connectivity index (χ4n) is 3.01. The second kappa shape index (κ2) is 8.02. The maximum absolute atomic E-state index is 10.3. The van der Waals surface area contributed by atoms with E-state index in [0.717, 1.165) is 27.6 Å². The molecule has 0 aliphatic rings. The minimum absolute atomic E-state index is 0.0977. The Bertz CT molecular complexity index is 1240. The lowest BCUT2D eigenvalue weighted by Crippen LogP contribution is -1.76. The molecule has 0 heterocycles. The summed E-state index contributed by atoms with van der Waals surface area (Å²) in [5, 5.41) is 29.5. The predicted molar refractivity (Wildman–Crippen MR) is 116 cm³/mol. The van der Waals surface area contributed by atoms with Gasteiger partial charge in [-0.2, -0.15) is 15.3 Å². The monoisotopic (exact) mass is 380 g/mol. The van der Waals surface area contributed by atoms with Crippen LogP contribution < -0.4 is 0 Å². The average molecular weight is 380 g/mol. The Morgan fingerprint density at radius 3 is 2.21 bits per heavy atom. The van der Waals surface area contributed by atoms with Crippen LogP contribution in [0.4, 0.5) is 22.7 Å². The molecule has 0 aliphatic heterocycles. The number of fused-ring (bicyclic) bond motifs is 1. The van der Waals surface area contributed by atoms with Gasteiger partial charge in [0.1, 0.15) is 11.4 Å². The Kier molecular flexibility index (Phi) is 5.12. The number of phenols is 1. The van der Waals surface area contributed by atoms with E-state index in [4.69, 9.17) is 0 Å². The molecule has 1 N–H and O–H groups in total. The number of aromatic hydroxyl groups is 1. The molecule has 5 heteroatoms. The zero-order valence-corrected chi connectivity index (χ0v) is 16.2. The molecular formula is C24H20N4O. The van der Waals surface area contributed by atoms with E-state index < -0.39 is 0 Å². The highest BCUT2D eigenvalue weighted by atomic mass is 16.3. The van der Waals surface area contributed by atoms with Crippen LogP contribution in [0.25, 0.3) is 10.8 Å². The molecular weight excluding hydrogens is 360 g/mol. The minimum Gasteiger partial charge on any atom is -0.506 e. The van der Waals surface area contributed by atoms with Crippen LogP contribution >= 0.6 is 0 Å². The molecule has 0 spiro atoms. The number of phenolic OH excluding ortho intramolecular Hbond substituents is 1. The first-order valence-electron chi connectivity index (χ1n) is 9.32. The molecule has 0 saturated carbocycles. The van der Waals surface area contributed by atoms with Gasteiger partial charge in [0, 0.05) is 5.39 Å².